The number of nitrogens with zero attached hydrogens (tertiary/aromatic N) is 4. The van der Waals surface area contributed by atoms with Gasteiger partial charge in [0.1, 0.15) is 6.33 Å². The summed E-state index contributed by atoms with van der Waals surface area (Å²) >= 11 is 0. The third-order valence-corrected chi connectivity index (χ3v) is 3.97. The van der Waals surface area contributed by atoms with Crippen LogP contribution in [0.15, 0.2) is 59.7 Å². The van der Waals surface area contributed by atoms with E-state index >= 15 is 0 Å². The lowest BCUT2D eigenvalue weighted by atomic mass is 10.1. The van der Waals surface area contributed by atoms with Crippen molar-refractivity contribution in [2.24, 2.45) is 0 Å². The quantitative estimate of drug-likeness (QED) is 0.742. The highest BCUT2D eigenvalue weighted by Gasteiger charge is 2.11. The highest BCUT2D eigenvalue weighted by atomic mass is 16.1. The molecule has 0 saturated carbocycles. The zero-order valence-corrected chi connectivity index (χ0v) is 14.1. The van der Waals surface area contributed by atoms with Crippen LogP contribution in [0, 0.1) is 13.8 Å². The smallest absolute Gasteiger partial charge is 0.339 e. The van der Waals surface area contributed by atoms with E-state index in [1.54, 1.807) is 6.33 Å². The molecule has 1 aromatic heterocycles. The number of benzene rings is 2. The molecule has 2 aromatic carbocycles. The summed E-state index contributed by atoms with van der Waals surface area (Å²) in [4.78, 5) is 22.9. The summed E-state index contributed by atoms with van der Waals surface area (Å²) in [7, 11) is 1.88. The van der Waals surface area contributed by atoms with Crippen molar-refractivity contribution in [2.75, 3.05) is 11.9 Å². The van der Waals surface area contributed by atoms with Crippen LogP contribution in [0.1, 0.15) is 16.7 Å². The van der Waals surface area contributed by atoms with Gasteiger partial charge in [0, 0.05) is 13.6 Å². The van der Waals surface area contributed by atoms with Crippen molar-refractivity contribution in [2.45, 2.75) is 20.4 Å². The maximum atomic E-state index is 12.5. The van der Waals surface area contributed by atoms with Gasteiger partial charge in [-0.25, -0.2) is 9.78 Å². The van der Waals surface area contributed by atoms with Crippen LogP contribution < -0.4 is 10.6 Å². The van der Waals surface area contributed by atoms with E-state index in [-0.39, 0.29) is 5.69 Å². The van der Waals surface area contributed by atoms with Crippen LogP contribution in [-0.2, 0) is 6.54 Å². The van der Waals surface area contributed by atoms with E-state index in [2.05, 4.69) is 9.97 Å². The molecule has 0 aliphatic rings. The van der Waals surface area contributed by atoms with Gasteiger partial charge < -0.3 is 4.90 Å². The lowest BCUT2D eigenvalue weighted by Gasteiger charge is -2.18. The van der Waals surface area contributed by atoms with Crippen molar-refractivity contribution in [3.05, 3.63) is 82.0 Å². The Morgan fingerprint density at radius 1 is 1.00 bits per heavy atom. The highest BCUT2D eigenvalue weighted by molar-refractivity contribution is 5.46. The van der Waals surface area contributed by atoms with E-state index in [4.69, 9.17) is 0 Å². The maximum Gasteiger partial charge on any atom is 0.356 e. The van der Waals surface area contributed by atoms with Gasteiger partial charge in [-0.2, -0.15) is 4.98 Å². The summed E-state index contributed by atoms with van der Waals surface area (Å²) in [6.45, 7) is 4.60. The van der Waals surface area contributed by atoms with Gasteiger partial charge in [0.2, 0.25) is 5.95 Å². The lowest BCUT2D eigenvalue weighted by Crippen LogP contribution is -2.28. The first kappa shape index (κ1) is 15.9. The van der Waals surface area contributed by atoms with E-state index < -0.39 is 0 Å². The first-order valence-electron chi connectivity index (χ1n) is 7.83. The number of hydrogen-bond acceptors (Lipinski definition) is 4. The van der Waals surface area contributed by atoms with E-state index in [1.165, 1.54) is 4.57 Å². The SMILES string of the molecule is Cc1cccc(C)c1-n1cnc(N(C)Cc2ccccc2)nc1=O. The van der Waals surface area contributed by atoms with Gasteiger partial charge in [-0.05, 0) is 30.5 Å². The first-order chi connectivity index (χ1) is 11.6. The number of rotatable bonds is 4. The van der Waals surface area contributed by atoms with Crippen molar-refractivity contribution in [1.29, 1.82) is 0 Å². The molecule has 0 radical (unpaired) electrons. The number of hydrogen-bond donors (Lipinski definition) is 0. The average Bonchev–Trinajstić information content (AvgIpc) is 2.57. The molecule has 0 saturated heterocycles. The van der Waals surface area contributed by atoms with Crippen LogP contribution >= 0.6 is 0 Å². The van der Waals surface area contributed by atoms with Crippen LogP contribution in [-0.4, -0.2) is 21.6 Å². The van der Waals surface area contributed by atoms with E-state index in [0.29, 0.717) is 12.5 Å². The molecule has 0 atom stereocenters. The summed E-state index contributed by atoms with van der Waals surface area (Å²) in [6.07, 6.45) is 1.56. The van der Waals surface area contributed by atoms with Gasteiger partial charge in [-0.3, -0.25) is 4.57 Å². The third kappa shape index (κ3) is 3.20. The Morgan fingerprint density at radius 2 is 1.67 bits per heavy atom. The second-order valence-corrected chi connectivity index (χ2v) is 5.89. The van der Waals surface area contributed by atoms with Gasteiger partial charge in [-0.1, -0.05) is 48.5 Å². The minimum Gasteiger partial charge on any atom is -0.339 e. The van der Waals surface area contributed by atoms with Gasteiger partial charge in [0.05, 0.1) is 5.69 Å². The van der Waals surface area contributed by atoms with Crippen molar-refractivity contribution in [3.63, 3.8) is 0 Å². The zero-order chi connectivity index (χ0) is 17.1. The second-order valence-electron chi connectivity index (χ2n) is 5.89. The molecule has 1 heterocycles. The van der Waals surface area contributed by atoms with Crippen LogP contribution in [0.3, 0.4) is 0 Å². The van der Waals surface area contributed by atoms with E-state index in [9.17, 15) is 4.79 Å². The molecule has 24 heavy (non-hydrogen) atoms. The van der Waals surface area contributed by atoms with Gasteiger partial charge in [0.15, 0.2) is 0 Å². The molecule has 0 spiro atoms. The fourth-order valence-corrected chi connectivity index (χ4v) is 2.78. The predicted octanol–water partition coefficient (Wildman–Crippen LogP) is 2.88. The molecule has 5 nitrogen and oxygen atoms in total. The number of aryl methyl sites for hydroxylation is 2. The topological polar surface area (TPSA) is 51.0 Å². The monoisotopic (exact) mass is 320 g/mol. The average molecular weight is 320 g/mol. The van der Waals surface area contributed by atoms with Gasteiger partial charge in [0.25, 0.3) is 0 Å². The zero-order valence-electron chi connectivity index (χ0n) is 14.1. The third-order valence-electron chi connectivity index (χ3n) is 3.97. The van der Waals surface area contributed by atoms with Crippen molar-refractivity contribution < 1.29 is 0 Å². The predicted molar refractivity (Wildman–Crippen MR) is 95.7 cm³/mol. The summed E-state index contributed by atoms with van der Waals surface area (Å²) in [6, 6.07) is 16.0. The van der Waals surface area contributed by atoms with Crippen LogP contribution in [0.5, 0.6) is 0 Å². The van der Waals surface area contributed by atoms with Crippen molar-refractivity contribution in [3.8, 4) is 5.69 Å². The largest absolute Gasteiger partial charge is 0.356 e. The normalized spacial score (nSPS) is 10.6. The minimum absolute atomic E-state index is 0.322. The first-order valence-corrected chi connectivity index (χ1v) is 7.83. The molecule has 122 valence electrons. The van der Waals surface area contributed by atoms with Crippen LogP contribution in [0.2, 0.25) is 0 Å². The van der Waals surface area contributed by atoms with Gasteiger partial charge >= 0.3 is 5.69 Å². The van der Waals surface area contributed by atoms with E-state index in [0.717, 1.165) is 22.4 Å². The molecule has 0 amide bonds. The molecule has 0 unspecified atom stereocenters. The Balaban J connectivity index is 1.92. The number of para-hydroxylation sites is 1. The number of anilines is 1. The molecule has 5 heteroatoms. The standard InChI is InChI=1S/C19H20N4O/c1-14-8-7-9-15(2)17(14)23-13-20-18(21-19(23)24)22(3)12-16-10-5-4-6-11-16/h4-11,13H,12H2,1-3H3. The molecule has 0 bridgehead atoms. The molecule has 3 rings (SSSR count). The van der Waals surface area contributed by atoms with Crippen molar-refractivity contribution >= 4 is 5.95 Å². The molecule has 0 aliphatic heterocycles. The minimum atomic E-state index is -0.322. The fourth-order valence-electron chi connectivity index (χ4n) is 2.78. The summed E-state index contributed by atoms with van der Waals surface area (Å²) < 4.78 is 1.50. The fraction of sp³-hybridized carbons (Fsp3) is 0.211. The molecule has 0 aliphatic carbocycles. The van der Waals surface area contributed by atoms with Gasteiger partial charge in [-0.15, -0.1) is 0 Å². The molecule has 0 N–H and O–H groups in total. The molecule has 0 fully saturated rings. The van der Waals surface area contributed by atoms with Crippen LogP contribution in [0.25, 0.3) is 5.69 Å². The van der Waals surface area contributed by atoms with Crippen molar-refractivity contribution in [1.82, 2.24) is 14.5 Å². The Labute approximate surface area is 141 Å². The number of aromatic nitrogens is 3. The Hall–Kier alpha value is -2.95. The second kappa shape index (κ2) is 6.66. The van der Waals surface area contributed by atoms with Crippen LogP contribution in [0.4, 0.5) is 5.95 Å². The summed E-state index contributed by atoms with van der Waals surface area (Å²) in [5, 5.41) is 0. The van der Waals surface area contributed by atoms with E-state index in [1.807, 2.05) is 74.3 Å². The Morgan fingerprint density at radius 3 is 2.29 bits per heavy atom. The molecular formula is C19H20N4O. The lowest BCUT2D eigenvalue weighted by molar-refractivity contribution is 0.793. The Kier molecular flexibility index (Phi) is 4.42. The molecular weight excluding hydrogens is 300 g/mol. The summed E-state index contributed by atoms with van der Waals surface area (Å²) in [5.41, 5.74) is 3.71. The molecule has 3 aromatic rings. The maximum absolute atomic E-state index is 12.5. The summed E-state index contributed by atoms with van der Waals surface area (Å²) in [5.74, 6) is 0.423. The Bertz CT molecular complexity index is 882. The highest BCUT2D eigenvalue weighted by Crippen LogP contribution is 2.17.